The lowest BCUT2D eigenvalue weighted by Crippen LogP contribution is -3.00. The topological polar surface area (TPSA) is 139 Å². The van der Waals surface area contributed by atoms with Crippen molar-refractivity contribution in [2.45, 2.75) is 206 Å². The number of hydrogen-bond donors (Lipinski definition) is 3. The maximum atomic E-state index is 11.3. The molecule has 15 nitrogen and oxygen atoms in total. The first-order chi connectivity index (χ1) is 45.3. The lowest BCUT2D eigenvalue weighted by Gasteiger charge is -2.31. The molecule has 598 valence electrons. The largest absolute Gasteiger partial charge is 1.00 e. The molecule has 0 saturated carbocycles. The number of amides is 3. The molecule has 0 unspecified atom stereocenters. The highest BCUT2D eigenvalue weighted by molar-refractivity contribution is 5.90. The SMILES string of the molecule is C=CC(=O)CCCC[N+](C)(C)CCCCCCCCCCCC[N+](C)(C)CCCNC(=O)C=C.C=CC(=O)CCCC[N+](C)(C)CCCCCCCCCC[N+](C)(C)CCCNC(=O)C=C.C=CC(=O)CCCC[N+](C)(C)Cc1ccc(C[N+](C)(C)CCCNC(=O)C=C)cc1.[Br-].[Br-].[Br-].[Br-].[Cl-].[Cl-]. The van der Waals surface area contributed by atoms with Gasteiger partial charge in [0.25, 0.3) is 0 Å². The summed E-state index contributed by atoms with van der Waals surface area (Å²) in [6.45, 7) is 36.6. The van der Waals surface area contributed by atoms with Gasteiger partial charge in [0, 0.05) is 69.3 Å². The van der Waals surface area contributed by atoms with Gasteiger partial charge in [-0.25, -0.2) is 0 Å². The van der Waals surface area contributed by atoms with Gasteiger partial charge in [0.05, 0.1) is 150 Å². The molecule has 3 amide bonds. The van der Waals surface area contributed by atoms with Crippen molar-refractivity contribution in [1.82, 2.24) is 16.0 Å². The van der Waals surface area contributed by atoms with E-state index < -0.39 is 0 Å². The molecule has 0 saturated heterocycles. The van der Waals surface area contributed by atoms with Crippen LogP contribution in [-0.4, -0.2) is 232 Å². The van der Waals surface area contributed by atoms with Gasteiger partial charge in [-0.05, 0) is 126 Å². The molecule has 1 aromatic rings. The van der Waals surface area contributed by atoms with Crippen molar-refractivity contribution >= 4 is 35.1 Å². The maximum Gasteiger partial charge on any atom is 0.243 e. The van der Waals surface area contributed by atoms with Crippen LogP contribution in [0.2, 0.25) is 0 Å². The summed E-state index contributed by atoms with van der Waals surface area (Å²) in [5.41, 5.74) is 2.66. The summed E-state index contributed by atoms with van der Waals surface area (Å²) >= 11 is 0. The maximum absolute atomic E-state index is 11.3. The second-order valence-corrected chi connectivity index (χ2v) is 31.3. The number of rotatable bonds is 61. The first-order valence-electron chi connectivity index (χ1n) is 37.5. The molecule has 0 bridgehead atoms. The van der Waals surface area contributed by atoms with Gasteiger partial charge in [-0.2, -0.15) is 0 Å². The van der Waals surface area contributed by atoms with Gasteiger partial charge in [0.15, 0.2) is 17.3 Å². The number of quaternary nitrogens is 6. The molecular weight excluding hydrogens is 1590 g/mol. The number of ketones is 3. The fourth-order valence-electron chi connectivity index (χ4n) is 12.2. The predicted octanol–water partition coefficient (Wildman–Crippen LogP) is -3.98. The van der Waals surface area contributed by atoms with Gasteiger partial charge in [0.1, 0.15) is 13.1 Å². The summed E-state index contributed by atoms with van der Waals surface area (Å²) in [5, 5.41) is 8.54. The normalized spacial score (nSPS) is 11.1. The van der Waals surface area contributed by atoms with Crippen LogP contribution in [0, 0.1) is 0 Å². The van der Waals surface area contributed by atoms with Crippen molar-refractivity contribution in [1.29, 1.82) is 0 Å². The Labute approximate surface area is 680 Å². The minimum absolute atomic E-state index is 0. The zero-order valence-electron chi connectivity index (χ0n) is 66.7. The Balaban J connectivity index is -0.000000211. The minimum Gasteiger partial charge on any atom is -1.00 e. The number of benzene rings is 1. The van der Waals surface area contributed by atoms with Crippen molar-refractivity contribution in [2.75, 3.05) is 170 Å². The molecule has 0 fully saturated rings. The Hall–Kier alpha value is -2.66. The molecular formula is C81H151Br4Cl2N9O6. The van der Waals surface area contributed by atoms with Gasteiger partial charge in [0.2, 0.25) is 17.7 Å². The van der Waals surface area contributed by atoms with Crippen LogP contribution in [0.15, 0.2) is 100 Å². The van der Waals surface area contributed by atoms with Crippen molar-refractivity contribution < 1.29 is 148 Å². The van der Waals surface area contributed by atoms with Crippen LogP contribution in [0.4, 0.5) is 0 Å². The molecule has 0 radical (unpaired) electrons. The van der Waals surface area contributed by atoms with E-state index in [1.165, 1.54) is 189 Å². The van der Waals surface area contributed by atoms with Crippen LogP contribution in [0.5, 0.6) is 0 Å². The first kappa shape index (κ1) is 115. The molecule has 0 spiro atoms. The number of nitrogens with one attached hydrogen (secondary N) is 3. The van der Waals surface area contributed by atoms with E-state index in [-0.39, 0.29) is 128 Å². The summed E-state index contributed by atoms with van der Waals surface area (Å²) in [7, 11) is 27.4. The lowest BCUT2D eigenvalue weighted by atomic mass is 10.1. The molecule has 21 heteroatoms. The van der Waals surface area contributed by atoms with Crippen molar-refractivity contribution in [2.24, 2.45) is 0 Å². The van der Waals surface area contributed by atoms with Crippen LogP contribution in [0.3, 0.4) is 0 Å². The van der Waals surface area contributed by atoms with Crippen LogP contribution in [0.25, 0.3) is 0 Å². The van der Waals surface area contributed by atoms with Gasteiger partial charge in [-0.15, -0.1) is 0 Å². The number of unbranched alkanes of at least 4 members (excludes halogenated alkanes) is 19. The Kier molecular flexibility index (Phi) is 79.1. The molecule has 0 aromatic heterocycles. The van der Waals surface area contributed by atoms with Crippen molar-refractivity contribution in [3.05, 3.63) is 111 Å². The molecule has 0 atom stereocenters. The van der Waals surface area contributed by atoms with Gasteiger partial charge in [-0.1, -0.05) is 128 Å². The fraction of sp³-hybridized carbons (Fsp3) is 0.704. The first-order valence-corrected chi connectivity index (χ1v) is 37.5. The van der Waals surface area contributed by atoms with E-state index in [4.69, 9.17) is 0 Å². The zero-order chi connectivity index (χ0) is 72.6. The third-order valence-electron chi connectivity index (χ3n) is 18.6. The monoisotopic (exact) mass is 1730 g/mol. The van der Waals surface area contributed by atoms with E-state index in [1.807, 2.05) is 0 Å². The van der Waals surface area contributed by atoms with Crippen LogP contribution in [0.1, 0.15) is 204 Å². The number of allylic oxidation sites excluding steroid dienone is 3. The molecule has 3 N–H and O–H groups in total. The minimum atomic E-state index is -0.109. The van der Waals surface area contributed by atoms with E-state index in [2.05, 4.69) is 164 Å². The molecule has 0 heterocycles. The molecule has 102 heavy (non-hydrogen) atoms. The second-order valence-electron chi connectivity index (χ2n) is 31.3. The van der Waals surface area contributed by atoms with Gasteiger partial charge in [-0.3, -0.25) is 28.8 Å². The smallest absolute Gasteiger partial charge is 0.243 e. The average Bonchev–Trinajstić information content (AvgIpc) is 0.858. The highest BCUT2D eigenvalue weighted by Gasteiger charge is 2.21. The lowest BCUT2D eigenvalue weighted by molar-refractivity contribution is -0.904. The Morgan fingerprint density at radius 1 is 0.265 bits per heavy atom. The third kappa shape index (κ3) is 75.6. The predicted molar refractivity (Wildman–Crippen MR) is 409 cm³/mol. The molecule has 0 aliphatic heterocycles. The Morgan fingerprint density at radius 2 is 0.431 bits per heavy atom. The van der Waals surface area contributed by atoms with Gasteiger partial charge < -0.3 is 136 Å². The van der Waals surface area contributed by atoms with Gasteiger partial charge >= 0.3 is 0 Å². The summed E-state index contributed by atoms with van der Waals surface area (Å²) in [6, 6.07) is 8.94. The van der Waals surface area contributed by atoms with Crippen molar-refractivity contribution in [3.63, 3.8) is 0 Å². The van der Waals surface area contributed by atoms with Crippen LogP contribution < -0.4 is 109 Å². The molecule has 1 rings (SSSR count). The van der Waals surface area contributed by atoms with Crippen LogP contribution in [-0.2, 0) is 41.9 Å². The number of carbonyl (C=O) groups is 6. The summed E-state index contributed by atoms with van der Waals surface area (Å²) < 4.78 is 6.01. The number of nitrogens with zero attached hydrogens (tertiary/aromatic N) is 6. The molecule has 1 aromatic carbocycles. The Bertz CT molecular complexity index is 2200. The standard InChI is InChI=1S/C29H56N3O2.C27H52N3O2.C25H40N3O2.4BrH.2ClH/c1-7-28(33)22-17-20-26-31(3,4)24-18-15-13-11-9-10-12-14-16-19-25-32(5,6)27-21-23-30-29(34)8-2;1-7-26(31)20-15-18-24-29(3,4)22-16-13-11-9-10-12-14-17-23-30(5,6)25-19-21-28-27(32)8-2;1-7-24(29)12-9-10-18-27(3,4)20-22-13-15-23(16-14-22)21-28(5,6)19-11-17-26-25(30)8-2;;;;;;/h7-8H,1-2,9-27H2,3-6H3;7-8H,1-2,9-25H2,3-6H3;7-8,13-16H,1-2,9-12,17-21H2,3-6H3;6*1H/q3*+1;;;;;;/p-3. The highest BCUT2D eigenvalue weighted by atomic mass is 79.9. The van der Waals surface area contributed by atoms with E-state index in [0.29, 0.717) is 25.8 Å². The summed E-state index contributed by atoms with van der Waals surface area (Å²) in [4.78, 5) is 67.4. The average molecular weight is 1740 g/mol. The number of carbonyl (C=O) groups excluding carboxylic acids is 6. The van der Waals surface area contributed by atoms with E-state index in [9.17, 15) is 28.8 Å². The quantitative estimate of drug-likeness (QED) is 0.0346. The van der Waals surface area contributed by atoms with E-state index in [1.54, 1.807) is 0 Å². The molecule has 0 aliphatic rings. The van der Waals surface area contributed by atoms with Crippen LogP contribution >= 0.6 is 0 Å². The van der Waals surface area contributed by atoms with Crippen molar-refractivity contribution in [3.8, 4) is 0 Å². The third-order valence-corrected chi connectivity index (χ3v) is 18.6. The zero-order valence-corrected chi connectivity index (χ0v) is 74.6. The highest BCUT2D eigenvalue weighted by Crippen LogP contribution is 2.18. The number of halogens is 6. The summed E-state index contributed by atoms with van der Waals surface area (Å²) in [6.07, 6.45) is 43.5. The summed E-state index contributed by atoms with van der Waals surface area (Å²) in [5.74, 6) is 0.222. The fourth-order valence-corrected chi connectivity index (χ4v) is 12.2. The second kappa shape index (κ2) is 70.0. The molecule has 0 aliphatic carbocycles. The number of hydrogen-bond acceptors (Lipinski definition) is 6. The van der Waals surface area contributed by atoms with E-state index >= 15 is 0 Å². The van der Waals surface area contributed by atoms with E-state index in [0.717, 1.165) is 150 Å². The Morgan fingerprint density at radius 3 is 0.627 bits per heavy atom.